The molecule has 5 aliphatic heterocycles. The van der Waals surface area contributed by atoms with Crippen molar-refractivity contribution in [1.82, 2.24) is 60.4 Å². The Kier molecular flexibility index (Phi) is 22.8. The number of amides is 3. The lowest BCUT2D eigenvalue weighted by Gasteiger charge is -2.33. The quantitative estimate of drug-likeness (QED) is 0.316. The van der Waals surface area contributed by atoms with Crippen molar-refractivity contribution in [3.63, 3.8) is 0 Å². The maximum atomic E-state index is 11.9. The zero-order valence-corrected chi connectivity index (χ0v) is 41.2. The second-order valence-corrected chi connectivity index (χ2v) is 19.7. The second-order valence-electron chi connectivity index (χ2n) is 19.7. The van der Waals surface area contributed by atoms with Gasteiger partial charge in [0.25, 0.3) is 0 Å². The first-order valence-corrected chi connectivity index (χ1v) is 22.5. The monoisotopic (exact) mass is 949 g/mol. The van der Waals surface area contributed by atoms with Gasteiger partial charge in [0, 0.05) is 77.0 Å². The highest BCUT2D eigenvalue weighted by Gasteiger charge is 2.31. The van der Waals surface area contributed by atoms with E-state index < -0.39 is 16.8 Å². The third-order valence-corrected chi connectivity index (χ3v) is 10.9. The molecule has 4 saturated heterocycles. The van der Waals surface area contributed by atoms with Crippen molar-refractivity contribution < 1.29 is 28.6 Å². The maximum Gasteiger partial charge on any atom is 0.410 e. The number of hydrogen-bond donors (Lipinski definition) is 1. The molecule has 0 saturated carbocycles. The molecule has 3 amide bonds. The molecule has 1 N–H and O–H groups in total. The molecule has 66 heavy (non-hydrogen) atoms. The summed E-state index contributed by atoms with van der Waals surface area (Å²) in [5.74, 6) is 3.30. The van der Waals surface area contributed by atoms with E-state index in [1.54, 1.807) is 24.1 Å². The Balaban J connectivity index is 0.000000303. The van der Waals surface area contributed by atoms with Gasteiger partial charge in [-0.2, -0.15) is 10.4 Å². The van der Waals surface area contributed by atoms with Crippen LogP contribution in [0.3, 0.4) is 0 Å². The van der Waals surface area contributed by atoms with Gasteiger partial charge < -0.3 is 34.2 Å². The molecular weight excluding hydrogens is 872 g/mol. The fourth-order valence-electron chi connectivity index (χ4n) is 7.57. The molecule has 7 rings (SSSR count). The van der Waals surface area contributed by atoms with Crippen LogP contribution in [-0.2, 0) is 28.3 Å². The number of rotatable bonds is 3. The van der Waals surface area contributed by atoms with Crippen molar-refractivity contribution in [2.45, 2.75) is 150 Å². The Morgan fingerprint density at radius 1 is 0.606 bits per heavy atom. The number of aryl methyl sites for hydroxylation is 2. The molecule has 23 heteroatoms. The summed E-state index contributed by atoms with van der Waals surface area (Å²) in [7, 11) is 3.74. The standard InChI is InChI=1S/C12H21N5O2.C12H20N4O2.C11H18N2O2.C7H13N5.CH4.ClH/c1-12(2,3)19-11(18)17-7-5-9(6-8-17)10-13-14-15-16(10)4;1-12(2,3)18-11(17)16-6-4-9(5-7-16)10-8-13-15-14-10;1-11(2,3)15-10(14)13-6-4-9(8-12)5-7-13;1-12-7(9-10-11-12)6-2-4-8-5-3-6;;/h9H,5-8H2,1-4H3;9H,4-8H2,1-3H3;9H,4-7H2,1-3H3;6,8H,2-5H2,1H3;1H4;1H. The van der Waals surface area contributed by atoms with E-state index in [0.717, 1.165) is 94.9 Å². The number of halogens is 1. The first kappa shape index (κ1) is 57.1. The van der Waals surface area contributed by atoms with Crippen LogP contribution in [0.4, 0.5) is 14.4 Å². The van der Waals surface area contributed by atoms with E-state index >= 15 is 0 Å². The van der Waals surface area contributed by atoms with Gasteiger partial charge in [-0.1, -0.05) is 7.43 Å². The first-order chi connectivity index (χ1) is 30.1. The summed E-state index contributed by atoms with van der Waals surface area (Å²) in [5, 5.41) is 46.6. The SMILES string of the molecule is C.CC(C)(C)OC(=O)N1CCC(C#N)CC1.CC(C)(C)OC(=O)N1CCC(C2=NN=NC2)CC1.Cl.Cn1nnnc1C1CCN(C(=O)OC(C)(C)C)CC1.Cn1nnnc1C1CCNCC1. The Bertz CT molecular complexity index is 1880. The van der Waals surface area contributed by atoms with Crippen LogP contribution >= 0.6 is 12.4 Å². The van der Waals surface area contributed by atoms with Crippen LogP contribution < -0.4 is 5.32 Å². The van der Waals surface area contributed by atoms with E-state index in [4.69, 9.17) is 19.5 Å². The predicted molar refractivity (Wildman–Crippen MR) is 250 cm³/mol. The summed E-state index contributed by atoms with van der Waals surface area (Å²) < 4.78 is 19.5. The van der Waals surface area contributed by atoms with Crippen molar-refractivity contribution in [1.29, 1.82) is 5.26 Å². The number of ether oxygens (including phenoxy) is 3. The van der Waals surface area contributed by atoms with Crippen LogP contribution in [0, 0.1) is 23.2 Å². The number of nitrogens with one attached hydrogen (secondary N) is 1. The van der Waals surface area contributed by atoms with Crippen molar-refractivity contribution in [3.8, 4) is 6.07 Å². The maximum absolute atomic E-state index is 11.9. The normalized spacial score (nSPS) is 18.6. The van der Waals surface area contributed by atoms with Crippen LogP contribution in [0.15, 0.2) is 15.4 Å². The molecule has 0 radical (unpaired) electrons. The van der Waals surface area contributed by atoms with Gasteiger partial charge in [0.2, 0.25) is 0 Å². The lowest BCUT2D eigenvalue weighted by molar-refractivity contribution is 0.0189. The van der Waals surface area contributed by atoms with Gasteiger partial charge >= 0.3 is 18.3 Å². The third-order valence-electron chi connectivity index (χ3n) is 10.9. The van der Waals surface area contributed by atoms with Crippen LogP contribution in [0.25, 0.3) is 0 Å². The molecule has 0 spiro atoms. The molecule has 4 fully saturated rings. The van der Waals surface area contributed by atoms with Crippen molar-refractivity contribution in [2.75, 3.05) is 58.9 Å². The Hall–Kier alpha value is -5.04. The zero-order valence-electron chi connectivity index (χ0n) is 40.4. The van der Waals surface area contributed by atoms with Crippen molar-refractivity contribution in [3.05, 3.63) is 11.6 Å². The van der Waals surface area contributed by atoms with E-state index in [9.17, 15) is 14.4 Å². The van der Waals surface area contributed by atoms with Gasteiger partial charge in [0.15, 0.2) is 11.6 Å². The fourth-order valence-corrected chi connectivity index (χ4v) is 7.57. The summed E-state index contributed by atoms with van der Waals surface area (Å²) in [4.78, 5) is 40.6. The van der Waals surface area contributed by atoms with Crippen LogP contribution in [0.1, 0.15) is 145 Å². The van der Waals surface area contributed by atoms with Gasteiger partial charge in [-0.05, 0) is 153 Å². The molecule has 372 valence electrons. The van der Waals surface area contributed by atoms with E-state index in [2.05, 4.69) is 57.9 Å². The Morgan fingerprint density at radius 2 is 0.970 bits per heavy atom. The Labute approximate surface area is 397 Å². The molecule has 5 aliphatic rings. The van der Waals surface area contributed by atoms with Crippen LogP contribution in [-0.4, -0.2) is 155 Å². The number of nitriles is 1. The smallest absolute Gasteiger partial charge is 0.410 e. The fraction of sp³-hybridized carbons (Fsp3) is 0.837. The van der Waals surface area contributed by atoms with Gasteiger partial charge in [-0.25, -0.2) is 23.7 Å². The number of aromatic nitrogens is 8. The lowest BCUT2D eigenvalue weighted by Crippen LogP contribution is -2.43. The highest BCUT2D eigenvalue weighted by molar-refractivity contribution is 5.89. The summed E-state index contributed by atoms with van der Waals surface area (Å²) >= 11 is 0. The van der Waals surface area contributed by atoms with E-state index in [-0.39, 0.29) is 44.0 Å². The number of nitrogens with zero attached hydrogens (tertiary/aromatic N) is 15. The summed E-state index contributed by atoms with van der Waals surface area (Å²) in [6.07, 6.45) is 6.67. The molecule has 0 unspecified atom stereocenters. The minimum absolute atomic E-state index is 0. The molecule has 0 aromatic carbocycles. The molecule has 0 atom stereocenters. The minimum Gasteiger partial charge on any atom is -0.444 e. The molecule has 2 aromatic rings. The first-order valence-electron chi connectivity index (χ1n) is 22.5. The number of hydrogen-bond acceptors (Lipinski definition) is 17. The van der Waals surface area contributed by atoms with Gasteiger partial charge in [-0.3, -0.25) is 0 Å². The van der Waals surface area contributed by atoms with Crippen LogP contribution in [0.5, 0.6) is 0 Å². The van der Waals surface area contributed by atoms with Gasteiger partial charge in [-0.15, -0.1) is 27.7 Å². The zero-order chi connectivity index (χ0) is 47.1. The minimum atomic E-state index is -0.443. The average Bonchev–Trinajstić information content (AvgIpc) is 4.04. The largest absolute Gasteiger partial charge is 0.444 e. The summed E-state index contributed by atoms with van der Waals surface area (Å²) in [6.45, 7) is 23.7. The highest BCUT2D eigenvalue weighted by atomic mass is 35.5. The van der Waals surface area contributed by atoms with Gasteiger partial charge in [0.05, 0.1) is 11.8 Å². The van der Waals surface area contributed by atoms with E-state index in [1.165, 1.54) is 0 Å². The molecule has 2 aromatic heterocycles. The van der Waals surface area contributed by atoms with E-state index in [1.807, 2.05) is 76.4 Å². The van der Waals surface area contributed by atoms with E-state index in [0.29, 0.717) is 50.5 Å². The lowest BCUT2D eigenvalue weighted by atomic mass is 9.92. The average molecular weight is 950 g/mol. The van der Waals surface area contributed by atoms with Crippen LogP contribution in [0.2, 0.25) is 0 Å². The molecule has 7 heterocycles. The number of likely N-dealkylation sites (tertiary alicyclic amines) is 3. The summed E-state index contributed by atoms with van der Waals surface area (Å²) in [6, 6.07) is 2.23. The highest BCUT2D eigenvalue weighted by Crippen LogP contribution is 2.27. The number of carbonyl (C=O) groups excluding carboxylic acids is 3. The number of tetrazole rings is 2. The van der Waals surface area contributed by atoms with Crippen molar-refractivity contribution in [2.24, 2.45) is 41.4 Å². The molecule has 0 bridgehead atoms. The second kappa shape index (κ2) is 26.3. The summed E-state index contributed by atoms with van der Waals surface area (Å²) in [5.41, 5.74) is -0.259. The number of piperidine rings is 4. The topological polar surface area (TPSA) is 249 Å². The molecular formula is C43H77ClN16O6. The third kappa shape index (κ3) is 19.4. The molecule has 0 aliphatic carbocycles. The molecule has 22 nitrogen and oxygen atoms in total. The van der Waals surface area contributed by atoms with Gasteiger partial charge in [0.1, 0.15) is 23.3 Å². The Morgan fingerprint density at radius 3 is 1.29 bits per heavy atom. The van der Waals surface area contributed by atoms with Crippen molar-refractivity contribution >= 4 is 36.4 Å². The predicted octanol–water partition coefficient (Wildman–Crippen LogP) is 6.67. The number of carbonyl (C=O) groups is 3.